The van der Waals surface area contributed by atoms with E-state index in [1.807, 2.05) is 0 Å². The molecule has 0 amide bonds. The predicted molar refractivity (Wildman–Crippen MR) is 55.9 cm³/mol. The molecule has 0 saturated carbocycles. The van der Waals surface area contributed by atoms with Gasteiger partial charge < -0.3 is 9.84 Å². The summed E-state index contributed by atoms with van der Waals surface area (Å²) in [5, 5.41) is 13.4. The van der Waals surface area contributed by atoms with Gasteiger partial charge in [0.2, 0.25) is 0 Å². The Morgan fingerprint density at radius 3 is 3.07 bits per heavy atom. The van der Waals surface area contributed by atoms with E-state index in [0.717, 1.165) is 10.2 Å². The van der Waals surface area contributed by atoms with Crippen LogP contribution in [0.4, 0.5) is 0 Å². The first-order valence-electron chi connectivity index (χ1n) is 4.37. The van der Waals surface area contributed by atoms with Crippen molar-refractivity contribution in [3.05, 3.63) is 17.1 Å². The van der Waals surface area contributed by atoms with Gasteiger partial charge in [0.1, 0.15) is 11.1 Å². The van der Waals surface area contributed by atoms with E-state index in [9.17, 15) is 9.90 Å². The third kappa shape index (κ3) is 1.62. The zero-order valence-electron chi connectivity index (χ0n) is 8.30. The SMILES string of the molecule is COC(=O)c1cc2c(cnn2C(C)O)s1. The monoisotopic (exact) mass is 226 g/mol. The van der Waals surface area contributed by atoms with Gasteiger partial charge in [0.25, 0.3) is 0 Å². The number of rotatable bonds is 2. The number of ether oxygens (including phenoxy) is 1. The van der Waals surface area contributed by atoms with Gasteiger partial charge in [-0.25, -0.2) is 9.48 Å². The molecule has 2 aromatic heterocycles. The number of hydrogen-bond acceptors (Lipinski definition) is 5. The fourth-order valence-corrected chi connectivity index (χ4v) is 2.27. The summed E-state index contributed by atoms with van der Waals surface area (Å²) in [6.45, 7) is 1.61. The van der Waals surface area contributed by atoms with Gasteiger partial charge in [0, 0.05) is 0 Å². The number of fused-ring (bicyclic) bond motifs is 1. The van der Waals surface area contributed by atoms with Gasteiger partial charge in [-0.2, -0.15) is 5.10 Å². The summed E-state index contributed by atoms with van der Waals surface area (Å²) in [7, 11) is 1.34. The zero-order chi connectivity index (χ0) is 11.0. The molecule has 80 valence electrons. The van der Waals surface area contributed by atoms with E-state index in [4.69, 9.17) is 0 Å². The molecule has 15 heavy (non-hydrogen) atoms. The maximum absolute atomic E-state index is 11.3. The van der Waals surface area contributed by atoms with E-state index < -0.39 is 6.23 Å². The number of esters is 1. The molecule has 0 aliphatic heterocycles. The molecular weight excluding hydrogens is 216 g/mol. The molecule has 5 nitrogen and oxygen atoms in total. The Morgan fingerprint density at radius 1 is 1.73 bits per heavy atom. The van der Waals surface area contributed by atoms with Crippen LogP contribution in [-0.2, 0) is 4.74 Å². The normalized spacial score (nSPS) is 13.0. The molecule has 0 bridgehead atoms. The molecule has 0 radical (unpaired) electrons. The minimum absolute atomic E-state index is 0.367. The number of nitrogens with zero attached hydrogens (tertiary/aromatic N) is 2. The fourth-order valence-electron chi connectivity index (χ4n) is 1.34. The van der Waals surface area contributed by atoms with Crippen LogP contribution in [0.1, 0.15) is 22.8 Å². The Labute approximate surface area is 89.9 Å². The Hall–Kier alpha value is -1.40. The molecule has 0 aliphatic rings. The summed E-state index contributed by atoms with van der Waals surface area (Å²) < 4.78 is 6.93. The van der Waals surface area contributed by atoms with E-state index >= 15 is 0 Å². The standard InChI is InChI=1S/C9H10N2O3S/c1-5(12)11-6-3-7(9(13)14-2)15-8(6)4-10-11/h3-5,12H,1-2H3. The number of aliphatic hydroxyl groups is 1. The average Bonchev–Trinajstić information content (AvgIpc) is 2.73. The Morgan fingerprint density at radius 2 is 2.47 bits per heavy atom. The zero-order valence-corrected chi connectivity index (χ0v) is 9.11. The molecule has 2 aromatic rings. The van der Waals surface area contributed by atoms with Gasteiger partial charge in [0.15, 0.2) is 0 Å². The third-order valence-corrected chi connectivity index (χ3v) is 3.07. The summed E-state index contributed by atoms with van der Waals surface area (Å²) in [6.07, 6.45) is 0.918. The van der Waals surface area contributed by atoms with Gasteiger partial charge >= 0.3 is 5.97 Å². The van der Waals surface area contributed by atoms with Gasteiger partial charge in [-0.3, -0.25) is 0 Å². The first-order valence-corrected chi connectivity index (χ1v) is 5.18. The highest BCUT2D eigenvalue weighted by Gasteiger charge is 2.15. The maximum atomic E-state index is 11.3. The van der Waals surface area contributed by atoms with Crippen molar-refractivity contribution in [2.45, 2.75) is 13.2 Å². The number of hydrogen-bond donors (Lipinski definition) is 1. The summed E-state index contributed by atoms with van der Waals surface area (Å²) >= 11 is 1.30. The second-order valence-electron chi connectivity index (χ2n) is 3.07. The minimum atomic E-state index is -0.706. The summed E-state index contributed by atoms with van der Waals surface area (Å²) in [5.41, 5.74) is 0.746. The largest absolute Gasteiger partial charge is 0.465 e. The topological polar surface area (TPSA) is 64.3 Å². The molecule has 0 saturated heterocycles. The van der Waals surface area contributed by atoms with Crippen molar-refractivity contribution < 1.29 is 14.6 Å². The average molecular weight is 226 g/mol. The van der Waals surface area contributed by atoms with E-state index in [-0.39, 0.29) is 5.97 Å². The molecule has 1 atom stereocenters. The Bertz CT molecular complexity index is 500. The molecule has 0 aromatic carbocycles. The minimum Gasteiger partial charge on any atom is -0.465 e. The summed E-state index contributed by atoms with van der Waals surface area (Å²) in [6, 6.07) is 1.67. The molecule has 2 rings (SSSR count). The second-order valence-corrected chi connectivity index (χ2v) is 4.16. The maximum Gasteiger partial charge on any atom is 0.348 e. The van der Waals surface area contributed by atoms with Crippen LogP contribution < -0.4 is 0 Å². The van der Waals surface area contributed by atoms with Crippen molar-refractivity contribution >= 4 is 27.5 Å². The van der Waals surface area contributed by atoms with E-state index in [2.05, 4.69) is 9.84 Å². The van der Waals surface area contributed by atoms with Crippen molar-refractivity contribution in [3.63, 3.8) is 0 Å². The molecule has 6 heteroatoms. The molecule has 0 spiro atoms. The lowest BCUT2D eigenvalue weighted by Crippen LogP contribution is -2.04. The lowest BCUT2D eigenvalue weighted by Gasteiger charge is -2.03. The number of carbonyl (C=O) groups is 1. The third-order valence-electron chi connectivity index (χ3n) is 2.03. The Kier molecular flexibility index (Phi) is 2.45. The fraction of sp³-hybridized carbons (Fsp3) is 0.333. The highest BCUT2D eigenvalue weighted by Crippen LogP contribution is 2.27. The Balaban J connectivity index is 2.52. The van der Waals surface area contributed by atoms with Crippen LogP contribution in [0.25, 0.3) is 10.2 Å². The van der Waals surface area contributed by atoms with Crippen molar-refractivity contribution in [1.29, 1.82) is 0 Å². The number of carbonyl (C=O) groups excluding carboxylic acids is 1. The van der Waals surface area contributed by atoms with Crippen LogP contribution >= 0.6 is 11.3 Å². The van der Waals surface area contributed by atoms with Crippen molar-refractivity contribution in [2.24, 2.45) is 0 Å². The molecular formula is C9H10N2O3S. The van der Waals surface area contributed by atoms with E-state index in [1.54, 1.807) is 19.2 Å². The van der Waals surface area contributed by atoms with Gasteiger partial charge in [0.05, 0.1) is 23.5 Å². The predicted octanol–water partition coefficient (Wildman–Crippen LogP) is 1.40. The lowest BCUT2D eigenvalue weighted by atomic mass is 10.4. The van der Waals surface area contributed by atoms with Crippen LogP contribution in [0.5, 0.6) is 0 Å². The summed E-state index contributed by atoms with van der Waals surface area (Å²) in [5.74, 6) is -0.367. The highest BCUT2D eigenvalue weighted by atomic mass is 32.1. The first kappa shape index (κ1) is 10.1. The first-order chi connectivity index (χ1) is 7.13. The van der Waals surface area contributed by atoms with Gasteiger partial charge in [-0.1, -0.05) is 0 Å². The number of methoxy groups -OCH3 is 1. The molecule has 1 unspecified atom stereocenters. The van der Waals surface area contributed by atoms with E-state index in [1.165, 1.54) is 23.1 Å². The van der Waals surface area contributed by atoms with Crippen molar-refractivity contribution in [2.75, 3.05) is 7.11 Å². The number of thiophene rings is 1. The lowest BCUT2D eigenvalue weighted by molar-refractivity contribution is 0.0606. The number of aromatic nitrogens is 2. The van der Waals surface area contributed by atoms with Crippen LogP contribution in [0.2, 0.25) is 0 Å². The molecule has 2 heterocycles. The molecule has 0 fully saturated rings. The van der Waals surface area contributed by atoms with Gasteiger partial charge in [-0.15, -0.1) is 11.3 Å². The van der Waals surface area contributed by atoms with E-state index in [0.29, 0.717) is 4.88 Å². The number of aliphatic hydroxyl groups excluding tert-OH is 1. The highest BCUT2D eigenvalue weighted by molar-refractivity contribution is 7.20. The van der Waals surface area contributed by atoms with Crippen LogP contribution in [0.3, 0.4) is 0 Å². The van der Waals surface area contributed by atoms with Gasteiger partial charge in [-0.05, 0) is 13.0 Å². The summed E-state index contributed by atoms with van der Waals surface area (Å²) in [4.78, 5) is 11.8. The van der Waals surface area contributed by atoms with Crippen LogP contribution in [0, 0.1) is 0 Å². The van der Waals surface area contributed by atoms with Crippen molar-refractivity contribution in [3.8, 4) is 0 Å². The van der Waals surface area contributed by atoms with Crippen LogP contribution in [0.15, 0.2) is 12.3 Å². The molecule has 1 N–H and O–H groups in total. The second kappa shape index (κ2) is 3.63. The van der Waals surface area contributed by atoms with Crippen molar-refractivity contribution in [1.82, 2.24) is 9.78 Å². The molecule has 0 aliphatic carbocycles. The quantitative estimate of drug-likeness (QED) is 0.786. The smallest absolute Gasteiger partial charge is 0.348 e. The van der Waals surface area contributed by atoms with Crippen LogP contribution in [-0.4, -0.2) is 28.0 Å².